The minimum atomic E-state index is -0.648. The number of amides is 1. The van der Waals surface area contributed by atoms with E-state index < -0.39 is 6.10 Å². The first-order valence-electron chi connectivity index (χ1n) is 6.80. The van der Waals surface area contributed by atoms with Crippen molar-refractivity contribution in [3.05, 3.63) is 23.3 Å². The Labute approximate surface area is 122 Å². The molecule has 0 aliphatic rings. The summed E-state index contributed by atoms with van der Waals surface area (Å²) in [6.45, 7) is 5.62. The number of aryl methyl sites for hydroxylation is 2. The van der Waals surface area contributed by atoms with Gasteiger partial charge in [0.1, 0.15) is 12.2 Å². The quantitative estimate of drug-likeness (QED) is 0.845. The highest BCUT2D eigenvalue weighted by atomic mass is 16.3. The summed E-state index contributed by atoms with van der Waals surface area (Å²) in [7, 11) is 1.83. The molecule has 2 rings (SSSR count). The average molecular weight is 292 g/mol. The predicted molar refractivity (Wildman–Crippen MR) is 76.6 cm³/mol. The first kappa shape index (κ1) is 15.2. The molecule has 0 radical (unpaired) electrons. The summed E-state index contributed by atoms with van der Waals surface area (Å²) >= 11 is 0. The van der Waals surface area contributed by atoms with E-state index in [9.17, 15) is 9.90 Å². The number of nitrogens with one attached hydrogen (secondary N) is 1. The van der Waals surface area contributed by atoms with Gasteiger partial charge in [0.2, 0.25) is 5.91 Å². The van der Waals surface area contributed by atoms with Crippen LogP contribution in [0.4, 0.5) is 5.69 Å². The maximum absolute atomic E-state index is 12.0. The lowest BCUT2D eigenvalue weighted by molar-refractivity contribution is -0.116. The molecule has 1 unspecified atom stereocenters. The number of carbonyl (C=O) groups is 1. The Balaban J connectivity index is 2.03. The zero-order valence-electron chi connectivity index (χ0n) is 12.7. The molecule has 0 aliphatic heterocycles. The second-order valence-electron chi connectivity index (χ2n) is 4.98. The van der Waals surface area contributed by atoms with Gasteiger partial charge in [-0.1, -0.05) is 12.1 Å². The van der Waals surface area contributed by atoms with Gasteiger partial charge in [-0.3, -0.25) is 9.48 Å². The third kappa shape index (κ3) is 3.27. The van der Waals surface area contributed by atoms with Crippen molar-refractivity contribution in [2.45, 2.75) is 39.8 Å². The van der Waals surface area contributed by atoms with Crippen molar-refractivity contribution in [3.63, 3.8) is 0 Å². The van der Waals surface area contributed by atoms with Crippen LogP contribution in [-0.2, 0) is 18.4 Å². The Kier molecular flexibility index (Phi) is 4.37. The maximum atomic E-state index is 12.0. The van der Waals surface area contributed by atoms with E-state index in [4.69, 9.17) is 0 Å². The van der Waals surface area contributed by atoms with E-state index in [2.05, 4.69) is 20.7 Å². The van der Waals surface area contributed by atoms with Gasteiger partial charge in [0.25, 0.3) is 0 Å². The molecule has 1 atom stereocenters. The standard InChI is InChI=1S/C13H20N6O2/c1-5-11(20)10-6-19(17-15-10)7-12(21)14-13-8(2)16-18(4)9(13)3/h6,11,20H,5,7H2,1-4H3,(H,14,21). The Hall–Kier alpha value is -2.22. The van der Waals surface area contributed by atoms with Gasteiger partial charge in [-0.2, -0.15) is 5.10 Å². The molecular weight excluding hydrogens is 272 g/mol. The van der Waals surface area contributed by atoms with E-state index in [1.165, 1.54) is 4.68 Å². The van der Waals surface area contributed by atoms with E-state index in [-0.39, 0.29) is 12.5 Å². The van der Waals surface area contributed by atoms with Crippen LogP contribution < -0.4 is 5.32 Å². The molecule has 0 spiro atoms. The Bertz CT molecular complexity index is 645. The molecule has 2 aromatic rings. The van der Waals surface area contributed by atoms with E-state index in [1.807, 2.05) is 27.8 Å². The van der Waals surface area contributed by atoms with Crippen LogP contribution in [0.3, 0.4) is 0 Å². The van der Waals surface area contributed by atoms with Crippen LogP contribution in [0.25, 0.3) is 0 Å². The molecular formula is C13H20N6O2. The molecule has 0 aromatic carbocycles. The topological polar surface area (TPSA) is 97.9 Å². The normalized spacial score (nSPS) is 12.4. The zero-order valence-corrected chi connectivity index (χ0v) is 12.7. The summed E-state index contributed by atoms with van der Waals surface area (Å²) in [5, 5.41) is 24.4. The number of hydrogen-bond acceptors (Lipinski definition) is 5. The second-order valence-corrected chi connectivity index (χ2v) is 4.98. The van der Waals surface area contributed by atoms with Crippen LogP contribution in [0.5, 0.6) is 0 Å². The van der Waals surface area contributed by atoms with Crippen LogP contribution in [0.1, 0.15) is 36.5 Å². The summed E-state index contributed by atoms with van der Waals surface area (Å²) in [4.78, 5) is 12.0. The number of anilines is 1. The fourth-order valence-corrected chi connectivity index (χ4v) is 2.03. The molecule has 8 nitrogen and oxygen atoms in total. The lowest BCUT2D eigenvalue weighted by atomic mass is 10.2. The van der Waals surface area contributed by atoms with E-state index in [0.717, 1.165) is 17.1 Å². The molecule has 0 aliphatic carbocycles. The van der Waals surface area contributed by atoms with E-state index >= 15 is 0 Å². The van der Waals surface area contributed by atoms with Crippen LogP contribution in [0, 0.1) is 13.8 Å². The van der Waals surface area contributed by atoms with Gasteiger partial charge in [0.05, 0.1) is 29.4 Å². The smallest absolute Gasteiger partial charge is 0.246 e. The van der Waals surface area contributed by atoms with Gasteiger partial charge in [-0.15, -0.1) is 5.10 Å². The molecule has 8 heteroatoms. The highest BCUT2D eigenvalue weighted by Gasteiger charge is 2.14. The van der Waals surface area contributed by atoms with Crippen molar-refractivity contribution in [1.29, 1.82) is 0 Å². The maximum Gasteiger partial charge on any atom is 0.246 e. The van der Waals surface area contributed by atoms with Crippen LogP contribution >= 0.6 is 0 Å². The number of rotatable bonds is 5. The fraction of sp³-hybridized carbons (Fsp3) is 0.538. The summed E-state index contributed by atoms with van der Waals surface area (Å²) < 4.78 is 3.13. The minimum absolute atomic E-state index is 0.0389. The first-order chi connectivity index (χ1) is 9.92. The SMILES string of the molecule is CCC(O)c1cn(CC(=O)Nc2c(C)nn(C)c2C)nn1. The molecule has 2 aromatic heterocycles. The molecule has 0 fully saturated rings. The number of carbonyl (C=O) groups excluding carboxylic acids is 1. The average Bonchev–Trinajstić information content (AvgIpc) is 2.99. The Morgan fingerprint density at radius 2 is 2.19 bits per heavy atom. The van der Waals surface area contributed by atoms with Crippen molar-refractivity contribution in [2.75, 3.05) is 5.32 Å². The molecule has 0 bridgehead atoms. The fourth-order valence-electron chi connectivity index (χ4n) is 2.03. The van der Waals surface area contributed by atoms with Gasteiger partial charge in [0.15, 0.2) is 0 Å². The van der Waals surface area contributed by atoms with Crippen LogP contribution in [0.2, 0.25) is 0 Å². The Morgan fingerprint density at radius 3 is 2.76 bits per heavy atom. The van der Waals surface area contributed by atoms with Crippen molar-refractivity contribution in [1.82, 2.24) is 24.8 Å². The van der Waals surface area contributed by atoms with Crippen LogP contribution in [0.15, 0.2) is 6.20 Å². The van der Waals surface area contributed by atoms with Crippen molar-refractivity contribution in [3.8, 4) is 0 Å². The minimum Gasteiger partial charge on any atom is -0.387 e. The Morgan fingerprint density at radius 1 is 1.48 bits per heavy atom. The molecule has 0 saturated carbocycles. The highest BCUT2D eigenvalue weighted by Crippen LogP contribution is 2.18. The lowest BCUT2D eigenvalue weighted by Gasteiger charge is -2.05. The lowest BCUT2D eigenvalue weighted by Crippen LogP contribution is -2.20. The highest BCUT2D eigenvalue weighted by molar-refractivity contribution is 5.91. The number of hydrogen-bond donors (Lipinski definition) is 2. The summed E-state index contributed by atoms with van der Waals surface area (Å²) in [6.07, 6.45) is 1.49. The third-order valence-corrected chi connectivity index (χ3v) is 3.36. The van der Waals surface area contributed by atoms with Gasteiger partial charge in [-0.25, -0.2) is 4.68 Å². The van der Waals surface area contributed by atoms with Gasteiger partial charge >= 0.3 is 0 Å². The summed E-state index contributed by atoms with van der Waals surface area (Å²) in [5.74, 6) is -0.211. The van der Waals surface area contributed by atoms with Crippen molar-refractivity contribution in [2.24, 2.45) is 7.05 Å². The number of aliphatic hydroxyl groups excluding tert-OH is 1. The van der Waals surface area contributed by atoms with E-state index in [0.29, 0.717) is 12.1 Å². The summed E-state index contributed by atoms with van der Waals surface area (Å²) in [6, 6.07) is 0. The predicted octanol–water partition coefficient (Wildman–Crippen LogP) is 0.711. The number of aromatic nitrogens is 5. The van der Waals surface area contributed by atoms with Gasteiger partial charge in [-0.05, 0) is 20.3 Å². The first-order valence-corrected chi connectivity index (χ1v) is 6.80. The van der Waals surface area contributed by atoms with Gasteiger partial charge < -0.3 is 10.4 Å². The molecule has 2 heterocycles. The van der Waals surface area contributed by atoms with Crippen LogP contribution in [-0.4, -0.2) is 35.8 Å². The third-order valence-electron chi connectivity index (χ3n) is 3.36. The molecule has 1 amide bonds. The number of nitrogens with zero attached hydrogens (tertiary/aromatic N) is 5. The zero-order chi connectivity index (χ0) is 15.6. The van der Waals surface area contributed by atoms with Crippen molar-refractivity contribution >= 4 is 11.6 Å². The molecule has 21 heavy (non-hydrogen) atoms. The molecule has 114 valence electrons. The molecule has 2 N–H and O–H groups in total. The van der Waals surface area contributed by atoms with Gasteiger partial charge in [0, 0.05) is 7.05 Å². The monoisotopic (exact) mass is 292 g/mol. The number of aliphatic hydroxyl groups is 1. The van der Waals surface area contributed by atoms with Crippen molar-refractivity contribution < 1.29 is 9.90 Å². The van der Waals surface area contributed by atoms with E-state index in [1.54, 1.807) is 10.9 Å². The second kappa shape index (κ2) is 6.04. The molecule has 0 saturated heterocycles. The summed E-state index contributed by atoms with van der Waals surface area (Å²) in [5.41, 5.74) is 2.85. The largest absolute Gasteiger partial charge is 0.387 e.